The fourth-order valence-corrected chi connectivity index (χ4v) is 2.02. The summed E-state index contributed by atoms with van der Waals surface area (Å²) in [5.41, 5.74) is 8.30. The number of carbonyl (C=O) groups excluding carboxylic acids is 2. The molecule has 1 aliphatic carbocycles. The lowest BCUT2D eigenvalue weighted by Crippen LogP contribution is -2.36. The maximum Gasteiger partial charge on any atom is 0.312 e. The van der Waals surface area contributed by atoms with Gasteiger partial charge in [0.1, 0.15) is 0 Å². The van der Waals surface area contributed by atoms with E-state index in [0.717, 1.165) is 18.5 Å². The average Bonchev–Trinajstić information content (AvgIpc) is 2.73. The van der Waals surface area contributed by atoms with E-state index in [9.17, 15) is 9.59 Å². The Morgan fingerprint density at radius 1 is 1.24 bits per heavy atom. The van der Waals surface area contributed by atoms with Gasteiger partial charge in [-0.2, -0.15) is 0 Å². The van der Waals surface area contributed by atoms with Crippen LogP contribution in [0.2, 0.25) is 0 Å². The number of hydrogen-bond donors (Lipinski definition) is 3. The summed E-state index contributed by atoms with van der Waals surface area (Å²) in [4.78, 5) is 21.9. The minimum Gasteiger partial charge on any atom is -0.352 e. The summed E-state index contributed by atoms with van der Waals surface area (Å²) in [6.07, 6.45) is 3.36. The van der Waals surface area contributed by atoms with Gasteiger partial charge in [-0.05, 0) is 42.5 Å². The van der Waals surface area contributed by atoms with Crippen LogP contribution in [-0.4, -0.2) is 18.5 Å². The summed E-state index contributed by atoms with van der Waals surface area (Å²) in [6, 6.07) is 5.21. The van der Waals surface area contributed by atoms with E-state index in [0.29, 0.717) is 0 Å². The number of benzene rings is 1. The zero-order valence-corrected chi connectivity index (χ0v) is 9.45. The number of fused-ring (bicyclic) bond motifs is 1. The standard InChI is InChI=1S/C12H15N3O2/c13-12(17)14-7-11(16)15-10-5-4-8-2-1-3-9(8)6-10/h4-6H,1-3,7H2,(H,15,16)(H3,13,14,17). The number of hydrogen-bond acceptors (Lipinski definition) is 2. The molecule has 0 aromatic heterocycles. The largest absolute Gasteiger partial charge is 0.352 e. The van der Waals surface area contributed by atoms with E-state index >= 15 is 0 Å². The van der Waals surface area contributed by atoms with Gasteiger partial charge in [-0.25, -0.2) is 4.79 Å². The first-order chi connectivity index (χ1) is 8.15. The molecule has 0 atom stereocenters. The lowest BCUT2D eigenvalue weighted by Gasteiger charge is -2.07. The van der Waals surface area contributed by atoms with Crippen LogP contribution in [0.1, 0.15) is 17.5 Å². The van der Waals surface area contributed by atoms with Crippen molar-refractivity contribution in [2.45, 2.75) is 19.3 Å². The van der Waals surface area contributed by atoms with E-state index in [1.807, 2.05) is 18.2 Å². The fourth-order valence-electron chi connectivity index (χ4n) is 2.02. The van der Waals surface area contributed by atoms with E-state index in [1.165, 1.54) is 17.5 Å². The van der Waals surface area contributed by atoms with E-state index in [2.05, 4.69) is 10.6 Å². The molecule has 0 aliphatic heterocycles. The number of carbonyl (C=O) groups is 2. The molecule has 5 heteroatoms. The Balaban J connectivity index is 1.95. The van der Waals surface area contributed by atoms with Crippen molar-refractivity contribution in [1.82, 2.24) is 5.32 Å². The van der Waals surface area contributed by atoms with Gasteiger partial charge in [-0.15, -0.1) is 0 Å². The lowest BCUT2D eigenvalue weighted by molar-refractivity contribution is -0.115. The number of primary amides is 1. The monoisotopic (exact) mass is 233 g/mol. The van der Waals surface area contributed by atoms with Crippen LogP contribution in [0, 0.1) is 0 Å². The van der Waals surface area contributed by atoms with Crippen LogP contribution >= 0.6 is 0 Å². The van der Waals surface area contributed by atoms with Crippen molar-refractivity contribution in [2.75, 3.05) is 11.9 Å². The molecule has 1 aromatic carbocycles. The summed E-state index contributed by atoms with van der Waals surface area (Å²) in [6.45, 7) is -0.105. The Morgan fingerprint density at radius 3 is 2.76 bits per heavy atom. The second kappa shape index (κ2) is 4.86. The van der Waals surface area contributed by atoms with Crippen molar-refractivity contribution in [3.05, 3.63) is 29.3 Å². The third-order valence-electron chi connectivity index (χ3n) is 2.81. The molecule has 5 nitrogen and oxygen atoms in total. The molecule has 2 rings (SSSR count). The van der Waals surface area contributed by atoms with Crippen molar-refractivity contribution in [3.63, 3.8) is 0 Å². The molecule has 0 bridgehead atoms. The van der Waals surface area contributed by atoms with Gasteiger partial charge < -0.3 is 16.4 Å². The number of urea groups is 1. The van der Waals surface area contributed by atoms with Gasteiger partial charge in [0.2, 0.25) is 5.91 Å². The van der Waals surface area contributed by atoms with Crippen molar-refractivity contribution in [2.24, 2.45) is 5.73 Å². The Kier molecular flexibility index (Phi) is 3.27. The van der Waals surface area contributed by atoms with Crippen LogP contribution in [0.5, 0.6) is 0 Å². The van der Waals surface area contributed by atoms with Crippen molar-refractivity contribution in [1.29, 1.82) is 0 Å². The number of rotatable bonds is 3. The molecule has 0 heterocycles. The average molecular weight is 233 g/mol. The molecular weight excluding hydrogens is 218 g/mol. The Hall–Kier alpha value is -2.04. The molecule has 0 spiro atoms. The van der Waals surface area contributed by atoms with Crippen molar-refractivity contribution in [3.8, 4) is 0 Å². The summed E-state index contributed by atoms with van der Waals surface area (Å²) in [5.74, 6) is -0.276. The first-order valence-corrected chi connectivity index (χ1v) is 5.60. The predicted octanol–water partition coefficient (Wildman–Crippen LogP) is 0.782. The minimum absolute atomic E-state index is 0.105. The third-order valence-corrected chi connectivity index (χ3v) is 2.81. The second-order valence-electron chi connectivity index (χ2n) is 4.10. The van der Waals surface area contributed by atoms with E-state index < -0.39 is 6.03 Å². The van der Waals surface area contributed by atoms with Crippen molar-refractivity contribution >= 4 is 17.6 Å². The molecule has 0 saturated heterocycles. The van der Waals surface area contributed by atoms with E-state index in [1.54, 1.807) is 0 Å². The van der Waals surface area contributed by atoms with Crippen LogP contribution in [0.3, 0.4) is 0 Å². The zero-order chi connectivity index (χ0) is 12.3. The minimum atomic E-state index is -0.700. The highest BCUT2D eigenvalue weighted by Gasteiger charge is 2.11. The molecule has 1 aliphatic rings. The van der Waals surface area contributed by atoms with E-state index in [-0.39, 0.29) is 12.5 Å². The molecular formula is C12H15N3O2. The van der Waals surface area contributed by atoms with E-state index in [4.69, 9.17) is 5.73 Å². The van der Waals surface area contributed by atoms with Gasteiger partial charge in [-0.1, -0.05) is 6.07 Å². The molecule has 3 amide bonds. The maximum absolute atomic E-state index is 11.4. The number of nitrogens with one attached hydrogen (secondary N) is 2. The van der Waals surface area contributed by atoms with Crippen molar-refractivity contribution < 1.29 is 9.59 Å². The highest BCUT2D eigenvalue weighted by atomic mass is 16.2. The summed E-state index contributed by atoms with van der Waals surface area (Å²) in [5, 5.41) is 4.96. The summed E-state index contributed by atoms with van der Waals surface area (Å²) < 4.78 is 0. The van der Waals surface area contributed by atoms with Gasteiger partial charge in [-0.3, -0.25) is 4.79 Å². The van der Waals surface area contributed by atoms with Crippen LogP contribution in [0.4, 0.5) is 10.5 Å². The molecule has 4 N–H and O–H groups in total. The van der Waals surface area contributed by atoms with Gasteiger partial charge >= 0.3 is 6.03 Å². The molecule has 1 aromatic rings. The molecule has 0 saturated carbocycles. The quantitative estimate of drug-likeness (QED) is 0.720. The topological polar surface area (TPSA) is 84.2 Å². The summed E-state index contributed by atoms with van der Waals surface area (Å²) in [7, 11) is 0. The predicted molar refractivity (Wildman–Crippen MR) is 64.7 cm³/mol. The number of anilines is 1. The molecule has 90 valence electrons. The Labute approximate surface area is 99.4 Å². The molecule has 0 radical (unpaired) electrons. The zero-order valence-electron chi connectivity index (χ0n) is 9.45. The molecule has 17 heavy (non-hydrogen) atoms. The van der Waals surface area contributed by atoms with Gasteiger partial charge in [0.15, 0.2) is 0 Å². The third kappa shape index (κ3) is 2.96. The maximum atomic E-state index is 11.4. The highest BCUT2D eigenvalue weighted by molar-refractivity contribution is 5.94. The van der Waals surface area contributed by atoms with Gasteiger partial charge in [0.25, 0.3) is 0 Å². The first-order valence-electron chi connectivity index (χ1n) is 5.60. The SMILES string of the molecule is NC(=O)NCC(=O)Nc1ccc2c(c1)CCC2. The number of nitrogens with two attached hydrogens (primary N) is 1. The first kappa shape index (κ1) is 11.4. The van der Waals surface area contributed by atoms with Crippen LogP contribution < -0.4 is 16.4 Å². The van der Waals surface area contributed by atoms with Gasteiger partial charge in [0.05, 0.1) is 6.54 Å². The van der Waals surface area contributed by atoms with Crippen LogP contribution in [0.15, 0.2) is 18.2 Å². The number of aryl methyl sites for hydroxylation is 2. The van der Waals surface area contributed by atoms with Crippen LogP contribution in [-0.2, 0) is 17.6 Å². The van der Waals surface area contributed by atoms with Crippen LogP contribution in [0.25, 0.3) is 0 Å². The lowest BCUT2D eigenvalue weighted by atomic mass is 10.1. The molecule has 0 fully saturated rings. The smallest absolute Gasteiger partial charge is 0.312 e. The fraction of sp³-hybridized carbons (Fsp3) is 0.333. The normalized spacial score (nSPS) is 12.9. The summed E-state index contributed by atoms with van der Waals surface area (Å²) >= 11 is 0. The highest BCUT2D eigenvalue weighted by Crippen LogP contribution is 2.24. The second-order valence-corrected chi connectivity index (χ2v) is 4.10. The van der Waals surface area contributed by atoms with Gasteiger partial charge in [0, 0.05) is 5.69 Å². The molecule has 0 unspecified atom stereocenters. The Morgan fingerprint density at radius 2 is 2.00 bits per heavy atom. The number of amides is 3. The Bertz CT molecular complexity index is 457.